The van der Waals surface area contributed by atoms with Crippen molar-refractivity contribution in [3.63, 3.8) is 0 Å². The Bertz CT molecular complexity index is 510. The van der Waals surface area contributed by atoms with Crippen molar-refractivity contribution in [2.75, 3.05) is 6.61 Å². The maximum absolute atomic E-state index is 12.0. The second-order valence-electron chi connectivity index (χ2n) is 4.28. The molecule has 1 atom stereocenters. The quantitative estimate of drug-likeness (QED) is 0.753. The summed E-state index contributed by atoms with van der Waals surface area (Å²) in [5.74, 6) is -0.298. The number of amides is 1. The van der Waals surface area contributed by atoms with E-state index in [1.165, 1.54) is 6.20 Å². The molecule has 5 heteroatoms. The molecular weight excluding hydrogens is 230 g/mol. The molecule has 1 heterocycles. The van der Waals surface area contributed by atoms with E-state index in [1.807, 2.05) is 30.3 Å². The molecule has 0 radical (unpaired) electrons. The van der Waals surface area contributed by atoms with Gasteiger partial charge in [0, 0.05) is 6.20 Å². The highest BCUT2D eigenvalue weighted by molar-refractivity contribution is 5.92. The number of carbonyl (C=O) groups is 1. The van der Waals surface area contributed by atoms with Crippen molar-refractivity contribution in [1.82, 2.24) is 15.5 Å². The van der Waals surface area contributed by atoms with Gasteiger partial charge in [-0.3, -0.25) is 9.89 Å². The van der Waals surface area contributed by atoms with Crippen LogP contribution in [0.2, 0.25) is 0 Å². The first-order valence-corrected chi connectivity index (χ1v) is 5.64. The molecule has 18 heavy (non-hydrogen) atoms. The SMILES string of the molecule is CC(CO)(NC(=O)c1ccn[nH]1)c1ccccc1. The molecule has 5 nitrogen and oxygen atoms in total. The van der Waals surface area contributed by atoms with Gasteiger partial charge in [0.1, 0.15) is 5.69 Å². The van der Waals surface area contributed by atoms with E-state index < -0.39 is 5.54 Å². The van der Waals surface area contributed by atoms with Crippen LogP contribution in [-0.4, -0.2) is 27.8 Å². The van der Waals surface area contributed by atoms with Crippen LogP contribution in [0.4, 0.5) is 0 Å². The molecule has 0 aliphatic rings. The van der Waals surface area contributed by atoms with Crippen molar-refractivity contribution in [3.8, 4) is 0 Å². The summed E-state index contributed by atoms with van der Waals surface area (Å²) in [5, 5.41) is 18.7. The van der Waals surface area contributed by atoms with Crippen LogP contribution in [0.5, 0.6) is 0 Å². The van der Waals surface area contributed by atoms with Gasteiger partial charge in [-0.15, -0.1) is 0 Å². The zero-order chi connectivity index (χ0) is 13.0. The second-order valence-corrected chi connectivity index (χ2v) is 4.28. The van der Waals surface area contributed by atoms with Crippen molar-refractivity contribution in [2.24, 2.45) is 0 Å². The molecule has 0 spiro atoms. The second kappa shape index (κ2) is 5.01. The average molecular weight is 245 g/mol. The number of aromatic nitrogens is 2. The number of hydrogen-bond donors (Lipinski definition) is 3. The van der Waals surface area contributed by atoms with Gasteiger partial charge in [-0.2, -0.15) is 5.10 Å². The molecule has 1 aromatic carbocycles. The lowest BCUT2D eigenvalue weighted by atomic mass is 9.93. The number of H-pyrrole nitrogens is 1. The molecule has 2 aromatic rings. The fraction of sp³-hybridized carbons (Fsp3) is 0.231. The van der Waals surface area contributed by atoms with Crippen molar-refractivity contribution < 1.29 is 9.90 Å². The number of rotatable bonds is 4. The third-order valence-corrected chi connectivity index (χ3v) is 2.86. The zero-order valence-corrected chi connectivity index (χ0v) is 10.1. The lowest BCUT2D eigenvalue weighted by Gasteiger charge is -2.29. The molecule has 2 rings (SSSR count). The highest BCUT2D eigenvalue weighted by Crippen LogP contribution is 2.20. The normalized spacial score (nSPS) is 13.9. The Morgan fingerprint density at radius 1 is 1.39 bits per heavy atom. The molecule has 0 saturated heterocycles. The van der Waals surface area contributed by atoms with Gasteiger partial charge in [-0.1, -0.05) is 30.3 Å². The minimum atomic E-state index is -0.816. The fourth-order valence-electron chi connectivity index (χ4n) is 1.71. The largest absolute Gasteiger partial charge is 0.394 e. The molecule has 1 unspecified atom stereocenters. The zero-order valence-electron chi connectivity index (χ0n) is 10.1. The summed E-state index contributed by atoms with van der Waals surface area (Å²) in [6.45, 7) is 1.59. The predicted molar refractivity (Wildman–Crippen MR) is 66.9 cm³/mol. The molecule has 1 aromatic heterocycles. The first-order chi connectivity index (χ1) is 8.65. The Labute approximate surface area is 105 Å². The number of nitrogens with zero attached hydrogens (tertiary/aromatic N) is 1. The summed E-state index contributed by atoms with van der Waals surface area (Å²) in [5.41, 5.74) is 0.398. The van der Waals surface area contributed by atoms with Crippen molar-refractivity contribution in [2.45, 2.75) is 12.5 Å². The van der Waals surface area contributed by atoms with E-state index in [2.05, 4.69) is 15.5 Å². The van der Waals surface area contributed by atoms with E-state index in [0.29, 0.717) is 5.69 Å². The molecule has 0 fully saturated rings. The Kier molecular flexibility index (Phi) is 3.43. The molecule has 94 valence electrons. The summed E-state index contributed by atoms with van der Waals surface area (Å²) in [6.07, 6.45) is 1.51. The van der Waals surface area contributed by atoms with E-state index in [9.17, 15) is 9.90 Å². The predicted octanol–water partition coefficient (Wildman–Crippen LogP) is 1.05. The number of nitrogens with one attached hydrogen (secondary N) is 2. The van der Waals surface area contributed by atoms with Crippen LogP contribution in [0.3, 0.4) is 0 Å². The third-order valence-electron chi connectivity index (χ3n) is 2.86. The lowest BCUT2D eigenvalue weighted by Crippen LogP contribution is -2.46. The highest BCUT2D eigenvalue weighted by atomic mass is 16.3. The number of carbonyl (C=O) groups excluding carboxylic acids is 1. The van der Waals surface area contributed by atoms with Crippen LogP contribution in [0.25, 0.3) is 0 Å². The summed E-state index contributed by atoms with van der Waals surface area (Å²) >= 11 is 0. The van der Waals surface area contributed by atoms with Gasteiger partial charge in [0.2, 0.25) is 0 Å². The van der Waals surface area contributed by atoms with Gasteiger partial charge >= 0.3 is 0 Å². The first kappa shape index (κ1) is 12.3. The number of benzene rings is 1. The van der Waals surface area contributed by atoms with Gasteiger partial charge in [-0.05, 0) is 18.6 Å². The molecular formula is C13H15N3O2. The van der Waals surface area contributed by atoms with E-state index in [0.717, 1.165) is 5.56 Å². The minimum absolute atomic E-state index is 0.184. The summed E-state index contributed by atoms with van der Waals surface area (Å²) in [4.78, 5) is 12.0. The fourth-order valence-corrected chi connectivity index (χ4v) is 1.71. The number of aliphatic hydroxyl groups is 1. The van der Waals surface area contributed by atoms with Crippen LogP contribution >= 0.6 is 0 Å². The highest BCUT2D eigenvalue weighted by Gasteiger charge is 2.28. The standard InChI is InChI=1S/C13H15N3O2/c1-13(9-17,10-5-3-2-4-6-10)15-12(18)11-7-8-14-16-11/h2-8,17H,9H2,1H3,(H,14,16)(H,15,18). The average Bonchev–Trinajstić information content (AvgIpc) is 2.93. The Balaban J connectivity index is 2.21. The van der Waals surface area contributed by atoms with Gasteiger partial charge in [0.05, 0.1) is 12.1 Å². The van der Waals surface area contributed by atoms with Crippen LogP contribution in [0.15, 0.2) is 42.6 Å². The van der Waals surface area contributed by atoms with E-state index >= 15 is 0 Å². The molecule has 0 aliphatic heterocycles. The molecule has 0 bridgehead atoms. The van der Waals surface area contributed by atoms with Crippen LogP contribution in [0.1, 0.15) is 23.0 Å². The van der Waals surface area contributed by atoms with Crippen LogP contribution in [-0.2, 0) is 5.54 Å². The first-order valence-electron chi connectivity index (χ1n) is 5.64. The topological polar surface area (TPSA) is 78.0 Å². The van der Waals surface area contributed by atoms with Gasteiger partial charge < -0.3 is 10.4 Å². The van der Waals surface area contributed by atoms with Crippen molar-refractivity contribution >= 4 is 5.91 Å². The van der Waals surface area contributed by atoms with E-state index in [4.69, 9.17) is 0 Å². The smallest absolute Gasteiger partial charge is 0.270 e. The molecule has 0 saturated carbocycles. The Morgan fingerprint density at radius 3 is 2.67 bits per heavy atom. The van der Waals surface area contributed by atoms with Crippen molar-refractivity contribution in [3.05, 3.63) is 53.9 Å². The Morgan fingerprint density at radius 2 is 2.11 bits per heavy atom. The number of hydrogen-bond acceptors (Lipinski definition) is 3. The number of aliphatic hydroxyl groups excluding tert-OH is 1. The molecule has 1 amide bonds. The minimum Gasteiger partial charge on any atom is -0.394 e. The monoisotopic (exact) mass is 245 g/mol. The lowest BCUT2D eigenvalue weighted by molar-refractivity contribution is 0.0844. The van der Waals surface area contributed by atoms with Crippen molar-refractivity contribution in [1.29, 1.82) is 0 Å². The third kappa shape index (κ3) is 2.41. The molecule has 3 N–H and O–H groups in total. The Hall–Kier alpha value is -2.14. The maximum Gasteiger partial charge on any atom is 0.270 e. The van der Waals surface area contributed by atoms with Crippen LogP contribution in [0, 0.1) is 0 Å². The van der Waals surface area contributed by atoms with Gasteiger partial charge in [-0.25, -0.2) is 0 Å². The van der Waals surface area contributed by atoms with E-state index in [-0.39, 0.29) is 12.5 Å². The van der Waals surface area contributed by atoms with Gasteiger partial charge in [0.15, 0.2) is 0 Å². The maximum atomic E-state index is 12.0. The summed E-state index contributed by atoms with van der Waals surface area (Å²) in [6, 6.07) is 10.9. The van der Waals surface area contributed by atoms with Gasteiger partial charge in [0.25, 0.3) is 5.91 Å². The summed E-state index contributed by atoms with van der Waals surface area (Å²) in [7, 11) is 0. The molecule has 0 aliphatic carbocycles. The number of aromatic amines is 1. The van der Waals surface area contributed by atoms with Crippen LogP contribution < -0.4 is 5.32 Å². The van der Waals surface area contributed by atoms with E-state index in [1.54, 1.807) is 13.0 Å². The summed E-state index contributed by atoms with van der Waals surface area (Å²) < 4.78 is 0.